The maximum Gasteiger partial charge on any atom is 0.0806 e. The van der Waals surface area contributed by atoms with E-state index in [0.29, 0.717) is 10.00 Å². The van der Waals surface area contributed by atoms with Crippen LogP contribution < -0.4 is 0 Å². The molecule has 2 rings (SSSR count). The van der Waals surface area contributed by atoms with Crippen molar-refractivity contribution in [2.24, 2.45) is 5.41 Å². The highest BCUT2D eigenvalue weighted by Gasteiger charge is 2.28. The van der Waals surface area contributed by atoms with Gasteiger partial charge in [0.1, 0.15) is 0 Å². The van der Waals surface area contributed by atoms with Crippen LogP contribution in [0, 0.1) is 5.41 Å². The van der Waals surface area contributed by atoms with Crippen molar-refractivity contribution < 1.29 is 4.21 Å². The lowest BCUT2D eigenvalue weighted by Gasteiger charge is -2.31. The third-order valence-electron chi connectivity index (χ3n) is 4.32. The Morgan fingerprint density at radius 2 is 2.00 bits per heavy atom. The Morgan fingerprint density at radius 1 is 1.22 bits per heavy atom. The summed E-state index contributed by atoms with van der Waals surface area (Å²) in [7, 11) is -0.596. The van der Waals surface area contributed by atoms with Gasteiger partial charge in [-0.25, -0.2) is 0 Å². The van der Waals surface area contributed by atoms with Crippen molar-refractivity contribution in [3.8, 4) is 0 Å². The van der Waals surface area contributed by atoms with Gasteiger partial charge in [0.25, 0.3) is 0 Å². The molecule has 2 atom stereocenters. The Balaban J connectivity index is 1.58. The van der Waals surface area contributed by atoms with Crippen LogP contribution >= 0.6 is 23.5 Å². The first kappa shape index (κ1) is 19.4. The van der Waals surface area contributed by atoms with Crippen LogP contribution in [-0.2, 0) is 10.8 Å². The summed E-state index contributed by atoms with van der Waals surface area (Å²) in [6.07, 6.45) is 7.41. The van der Waals surface area contributed by atoms with Crippen molar-refractivity contribution in [1.82, 2.24) is 0 Å². The van der Waals surface area contributed by atoms with E-state index in [1.807, 2.05) is 23.5 Å². The van der Waals surface area contributed by atoms with Crippen molar-refractivity contribution in [1.29, 1.82) is 0 Å². The van der Waals surface area contributed by atoms with Crippen LogP contribution in [0.15, 0.2) is 35.2 Å². The molecule has 0 saturated carbocycles. The standard InChI is InChI=1S/C19H30OS3/c1-19(2,16-18-22-14-9-15-23(18)20)12-7-4-8-13-21-17-10-5-3-6-11-17/h3,5-6,10-11,18H,4,7-9,12-16H2,1-2H3/t18-,23-/m0/s1. The van der Waals surface area contributed by atoms with E-state index in [4.69, 9.17) is 0 Å². The third-order valence-corrected chi connectivity index (χ3v) is 8.97. The summed E-state index contributed by atoms with van der Waals surface area (Å²) in [6, 6.07) is 10.7. The lowest BCUT2D eigenvalue weighted by atomic mass is 9.84. The summed E-state index contributed by atoms with van der Waals surface area (Å²) < 4.78 is 12.5. The van der Waals surface area contributed by atoms with Gasteiger partial charge in [-0.3, -0.25) is 4.21 Å². The second-order valence-corrected chi connectivity index (χ2v) is 11.6. The molecule has 0 radical (unpaired) electrons. The van der Waals surface area contributed by atoms with Crippen molar-refractivity contribution in [3.63, 3.8) is 0 Å². The van der Waals surface area contributed by atoms with Gasteiger partial charge in [0.15, 0.2) is 0 Å². The Kier molecular flexibility index (Phi) is 8.56. The lowest BCUT2D eigenvalue weighted by molar-refractivity contribution is 0.306. The average molecular weight is 371 g/mol. The van der Waals surface area contributed by atoms with Gasteiger partial charge in [-0.05, 0) is 54.7 Å². The van der Waals surface area contributed by atoms with Crippen molar-refractivity contribution >= 4 is 34.3 Å². The molecule has 0 spiro atoms. The van der Waals surface area contributed by atoms with E-state index >= 15 is 0 Å². The molecule has 4 heteroatoms. The first-order chi connectivity index (χ1) is 11.1. The van der Waals surface area contributed by atoms with E-state index < -0.39 is 10.8 Å². The molecule has 0 unspecified atom stereocenters. The minimum atomic E-state index is -0.596. The molecule has 1 saturated heterocycles. The molecule has 1 fully saturated rings. The normalized spacial score (nSPS) is 22.2. The predicted molar refractivity (Wildman–Crippen MR) is 108 cm³/mol. The van der Waals surface area contributed by atoms with Gasteiger partial charge >= 0.3 is 0 Å². The minimum Gasteiger partial charge on any atom is -0.258 e. The van der Waals surface area contributed by atoms with Crippen LogP contribution in [0.4, 0.5) is 0 Å². The summed E-state index contributed by atoms with van der Waals surface area (Å²) in [5.41, 5.74) is 0.331. The van der Waals surface area contributed by atoms with Gasteiger partial charge in [-0.1, -0.05) is 44.9 Å². The summed E-state index contributed by atoms with van der Waals surface area (Å²) in [5, 5.41) is 0. The van der Waals surface area contributed by atoms with E-state index in [1.165, 1.54) is 42.1 Å². The second-order valence-electron chi connectivity index (χ2n) is 7.08. The topological polar surface area (TPSA) is 17.1 Å². The number of hydrogen-bond donors (Lipinski definition) is 0. The van der Waals surface area contributed by atoms with Crippen LogP contribution in [0.5, 0.6) is 0 Å². The van der Waals surface area contributed by atoms with Gasteiger partial charge in [0, 0.05) is 21.4 Å². The van der Waals surface area contributed by atoms with Gasteiger partial charge in [-0.15, -0.1) is 23.5 Å². The van der Waals surface area contributed by atoms with E-state index in [2.05, 4.69) is 44.2 Å². The van der Waals surface area contributed by atoms with Crippen molar-refractivity contribution in [3.05, 3.63) is 30.3 Å². The summed E-state index contributed by atoms with van der Waals surface area (Å²) in [4.78, 5) is 1.38. The van der Waals surface area contributed by atoms with Crippen LogP contribution in [0.25, 0.3) is 0 Å². The number of hydrogen-bond acceptors (Lipinski definition) is 3. The summed E-state index contributed by atoms with van der Waals surface area (Å²) >= 11 is 3.90. The zero-order chi connectivity index (χ0) is 16.5. The monoisotopic (exact) mass is 370 g/mol. The van der Waals surface area contributed by atoms with Gasteiger partial charge in [0.05, 0.1) is 4.58 Å². The summed E-state index contributed by atoms with van der Waals surface area (Å²) in [6.45, 7) is 4.72. The van der Waals surface area contributed by atoms with Crippen molar-refractivity contribution in [2.75, 3.05) is 17.3 Å². The largest absolute Gasteiger partial charge is 0.258 e. The smallest absolute Gasteiger partial charge is 0.0806 e. The number of thioether (sulfide) groups is 2. The summed E-state index contributed by atoms with van der Waals surface area (Å²) in [5.74, 6) is 3.33. The average Bonchev–Trinajstić information content (AvgIpc) is 2.54. The van der Waals surface area contributed by atoms with Gasteiger partial charge in [0.2, 0.25) is 0 Å². The highest BCUT2D eigenvalue weighted by atomic mass is 32.2. The van der Waals surface area contributed by atoms with E-state index in [1.54, 1.807) is 0 Å². The molecule has 1 aromatic carbocycles. The molecule has 23 heavy (non-hydrogen) atoms. The maximum atomic E-state index is 12.1. The Bertz CT molecular complexity index is 473. The molecule has 1 aliphatic heterocycles. The highest BCUT2D eigenvalue weighted by molar-refractivity contribution is 8.11. The van der Waals surface area contributed by atoms with Gasteiger partial charge < -0.3 is 0 Å². The number of benzene rings is 1. The first-order valence-electron chi connectivity index (χ1n) is 8.73. The fourth-order valence-electron chi connectivity index (χ4n) is 2.92. The fraction of sp³-hybridized carbons (Fsp3) is 0.684. The predicted octanol–water partition coefficient (Wildman–Crippen LogP) is 5.97. The first-order valence-corrected chi connectivity index (χ1v) is 12.2. The third kappa shape index (κ3) is 7.66. The van der Waals surface area contributed by atoms with Crippen LogP contribution in [0.2, 0.25) is 0 Å². The molecule has 0 amide bonds. The zero-order valence-electron chi connectivity index (χ0n) is 14.5. The Labute approximate surface area is 153 Å². The molecule has 1 heterocycles. The van der Waals surface area contributed by atoms with Gasteiger partial charge in [-0.2, -0.15) is 0 Å². The molecule has 1 aliphatic rings. The number of unbranched alkanes of at least 4 members (excludes halogenated alkanes) is 2. The molecular formula is C19H30OS3. The lowest BCUT2D eigenvalue weighted by Crippen LogP contribution is -2.27. The molecule has 0 aliphatic carbocycles. The molecule has 0 N–H and O–H groups in total. The minimum absolute atomic E-state index is 0.331. The van der Waals surface area contributed by atoms with E-state index in [-0.39, 0.29) is 0 Å². The molecule has 0 aromatic heterocycles. The van der Waals surface area contributed by atoms with Crippen LogP contribution in [0.1, 0.15) is 52.4 Å². The highest BCUT2D eigenvalue weighted by Crippen LogP contribution is 2.36. The molecule has 130 valence electrons. The maximum absolute atomic E-state index is 12.1. The van der Waals surface area contributed by atoms with Crippen molar-refractivity contribution in [2.45, 2.75) is 61.8 Å². The molecule has 0 bridgehead atoms. The Hall–Kier alpha value is 0.0700. The number of rotatable bonds is 9. The molecular weight excluding hydrogens is 340 g/mol. The SMILES string of the molecule is CC(C)(CCCCCSc1ccccc1)C[C@H]1SCCC[S@@]1=O. The fourth-order valence-corrected chi connectivity index (χ4v) is 7.69. The zero-order valence-corrected chi connectivity index (χ0v) is 16.9. The molecule has 1 nitrogen and oxygen atoms in total. The van der Waals surface area contributed by atoms with E-state index in [0.717, 1.165) is 18.6 Å². The quantitative estimate of drug-likeness (QED) is 0.394. The van der Waals surface area contributed by atoms with Crippen LogP contribution in [0.3, 0.4) is 0 Å². The Morgan fingerprint density at radius 3 is 2.74 bits per heavy atom. The molecule has 1 aromatic rings. The van der Waals surface area contributed by atoms with E-state index in [9.17, 15) is 4.21 Å². The van der Waals surface area contributed by atoms with Crippen LogP contribution in [-0.4, -0.2) is 26.0 Å². The second kappa shape index (κ2) is 10.1.